The standard InChI is InChI=1S/C26H29N7O2/c1-16-23-19-13-21(18-5-3-4-6-22(18)34)31-32-24(19)30-20(23)7-12-33(16)25-28-14-17(15-29-25)26(35-2)8-10-27-11-9-26/h3-6,13-16,27,34H,7-12H2,1-2H3,(H,30,32). The molecule has 9 nitrogen and oxygen atoms in total. The van der Waals surface area contributed by atoms with Gasteiger partial charge in [-0.2, -0.15) is 0 Å². The molecule has 0 aliphatic carbocycles. The molecular weight excluding hydrogens is 442 g/mol. The largest absolute Gasteiger partial charge is 0.507 e. The van der Waals surface area contributed by atoms with Gasteiger partial charge in [0.1, 0.15) is 5.75 Å². The minimum Gasteiger partial charge on any atom is -0.507 e. The van der Waals surface area contributed by atoms with Crippen LogP contribution in [0.15, 0.2) is 42.7 Å². The normalized spacial score (nSPS) is 19.6. The second kappa shape index (κ2) is 8.58. The molecule has 0 amide bonds. The van der Waals surface area contributed by atoms with Gasteiger partial charge >= 0.3 is 0 Å². The molecule has 1 atom stereocenters. The number of hydrogen-bond donors (Lipinski definition) is 3. The summed E-state index contributed by atoms with van der Waals surface area (Å²) >= 11 is 0. The number of aromatic nitrogens is 5. The molecule has 2 aliphatic rings. The van der Waals surface area contributed by atoms with Gasteiger partial charge in [-0.05, 0) is 51.1 Å². The summed E-state index contributed by atoms with van der Waals surface area (Å²) < 4.78 is 5.94. The number of phenols is 1. The molecule has 1 saturated heterocycles. The van der Waals surface area contributed by atoms with E-state index < -0.39 is 0 Å². The highest BCUT2D eigenvalue weighted by molar-refractivity contribution is 5.86. The van der Waals surface area contributed by atoms with Crippen LogP contribution in [0.2, 0.25) is 0 Å². The summed E-state index contributed by atoms with van der Waals surface area (Å²) in [6.45, 7) is 4.83. The van der Waals surface area contributed by atoms with Crippen molar-refractivity contribution in [2.24, 2.45) is 0 Å². The van der Waals surface area contributed by atoms with Crippen molar-refractivity contribution in [3.8, 4) is 17.0 Å². The van der Waals surface area contributed by atoms with Crippen molar-refractivity contribution in [1.29, 1.82) is 0 Å². The van der Waals surface area contributed by atoms with Crippen molar-refractivity contribution >= 4 is 17.0 Å². The number of H-pyrrole nitrogens is 1. The minimum atomic E-state index is -0.320. The molecule has 0 radical (unpaired) electrons. The van der Waals surface area contributed by atoms with Gasteiger partial charge in [-0.25, -0.2) is 9.97 Å². The number of benzene rings is 1. The Kier molecular flexibility index (Phi) is 5.38. The highest BCUT2D eigenvalue weighted by Gasteiger charge is 2.35. The lowest BCUT2D eigenvalue weighted by atomic mass is 9.86. The molecule has 35 heavy (non-hydrogen) atoms. The number of fused-ring (bicyclic) bond motifs is 3. The maximum absolute atomic E-state index is 10.3. The number of aromatic amines is 1. The molecule has 5 heterocycles. The third-order valence-electron chi connectivity index (χ3n) is 7.57. The number of rotatable bonds is 4. The number of ether oxygens (including phenoxy) is 1. The average molecular weight is 472 g/mol. The van der Waals surface area contributed by atoms with E-state index in [0.29, 0.717) is 17.2 Å². The molecular formula is C26H29N7O2. The van der Waals surface area contributed by atoms with Gasteiger partial charge in [0.25, 0.3) is 0 Å². The number of phenolic OH excluding ortho intramolecular Hbond substituents is 1. The molecule has 3 aromatic heterocycles. The van der Waals surface area contributed by atoms with Gasteiger partial charge in [0.2, 0.25) is 5.95 Å². The van der Waals surface area contributed by atoms with E-state index in [4.69, 9.17) is 14.7 Å². The van der Waals surface area contributed by atoms with Crippen molar-refractivity contribution in [2.75, 3.05) is 31.6 Å². The summed E-state index contributed by atoms with van der Waals surface area (Å²) in [7, 11) is 1.77. The van der Waals surface area contributed by atoms with E-state index in [0.717, 1.165) is 61.2 Å². The lowest BCUT2D eigenvalue weighted by molar-refractivity contribution is -0.0396. The van der Waals surface area contributed by atoms with Crippen LogP contribution in [0.4, 0.5) is 5.95 Å². The van der Waals surface area contributed by atoms with Crippen molar-refractivity contribution < 1.29 is 9.84 Å². The molecule has 9 heteroatoms. The first-order chi connectivity index (χ1) is 17.1. The highest BCUT2D eigenvalue weighted by Crippen LogP contribution is 2.39. The van der Waals surface area contributed by atoms with Gasteiger partial charge in [-0.15, -0.1) is 10.2 Å². The molecule has 1 fully saturated rings. The van der Waals surface area contributed by atoms with E-state index in [2.05, 4.69) is 32.3 Å². The number of nitrogens with one attached hydrogen (secondary N) is 2. The molecule has 6 rings (SSSR count). The van der Waals surface area contributed by atoms with Gasteiger partial charge in [-0.3, -0.25) is 0 Å². The first-order valence-corrected chi connectivity index (χ1v) is 12.1. The van der Waals surface area contributed by atoms with Crippen molar-refractivity contribution in [3.63, 3.8) is 0 Å². The molecule has 0 bridgehead atoms. The zero-order valence-electron chi connectivity index (χ0n) is 20.0. The fourth-order valence-corrected chi connectivity index (χ4v) is 5.56. The molecule has 2 aliphatic heterocycles. The molecule has 1 aromatic carbocycles. The van der Waals surface area contributed by atoms with Crippen molar-refractivity contribution in [3.05, 3.63) is 59.5 Å². The number of nitrogens with zero attached hydrogens (tertiary/aromatic N) is 5. The Labute approximate surface area is 203 Å². The predicted molar refractivity (Wildman–Crippen MR) is 133 cm³/mol. The zero-order valence-corrected chi connectivity index (χ0v) is 20.0. The number of anilines is 1. The summed E-state index contributed by atoms with van der Waals surface area (Å²) in [5.74, 6) is 0.903. The second-order valence-electron chi connectivity index (χ2n) is 9.37. The lowest BCUT2D eigenvalue weighted by Crippen LogP contribution is -2.41. The number of methoxy groups -OCH3 is 1. The number of hydrogen-bond acceptors (Lipinski definition) is 8. The Balaban J connectivity index is 1.34. The molecule has 1 unspecified atom stereocenters. The second-order valence-corrected chi connectivity index (χ2v) is 9.37. The maximum atomic E-state index is 10.3. The van der Waals surface area contributed by atoms with Crippen LogP contribution in [0, 0.1) is 0 Å². The van der Waals surface area contributed by atoms with Gasteiger partial charge < -0.3 is 25.0 Å². The van der Waals surface area contributed by atoms with Crippen LogP contribution in [0.1, 0.15) is 42.6 Å². The molecule has 180 valence electrons. The predicted octanol–water partition coefficient (Wildman–Crippen LogP) is 3.47. The SMILES string of the molecule is COC1(c2cnc(N3CCc4[nH]c5nnc(-c6ccccc6O)cc5c4C3C)nc2)CCNCC1. The van der Waals surface area contributed by atoms with Crippen LogP contribution >= 0.6 is 0 Å². The monoisotopic (exact) mass is 471 g/mol. The number of piperidine rings is 1. The van der Waals surface area contributed by atoms with E-state index in [-0.39, 0.29) is 17.4 Å². The molecule has 0 spiro atoms. The molecule has 3 N–H and O–H groups in total. The Morgan fingerprint density at radius 3 is 2.63 bits per heavy atom. The van der Waals surface area contributed by atoms with Gasteiger partial charge in [0.05, 0.1) is 17.3 Å². The van der Waals surface area contributed by atoms with Crippen LogP contribution in [0.25, 0.3) is 22.3 Å². The summed E-state index contributed by atoms with van der Waals surface area (Å²) in [4.78, 5) is 15.2. The van der Waals surface area contributed by atoms with Crippen molar-refractivity contribution in [1.82, 2.24) is 30.5 Å². The summed E-state index contributed by atoms with van der Waals surface area (Å²) in [6.07, 6.45) is 6.50. The van der Waals surface area contributed by atoms with E-state index >= 15 is 0 Å². The van der Waals surface area contributed by atoms with Crippen LogP contribution in [-0.2, 0) is 16.8 Å². The highest BCUT2D eigenvalue weighted by atomic mass is 16.5. The summed E-state index contributed by atoms with van der Waals surface area (Å²) in [5, 5.41) is 23.5. The molecule has 0 saturated carbocycles. The fourth-order valence-electron chi connectivity index (χ4n) is 5.56. The summed E-state index contributed by atoms with van der Waals surface area (Å²) in [6, 6.07) is 9.26. The Hall–Kier alpha value is -3.56. The van der Waals surface area contributed by atoms with Gasteiger partial charge in [-0.1, -0.05) is 12.1 Å². The van der Waals surface area contributed by atoms with Crippen LogP contribution in [-0.4, -0.2) is 57.0 Å². The first kappa shape index (κ1) is 21.9. The number of para-hydroxylation sites is 1. The number of aromatic hydroxyl groups is 1. The van der Waals surface area contributed by atoms with Crippen molar-refractivity contribution in [2.45, 2.75) is 37.8 Å². The lowest BCUT2D eigenvalue weighted by Gasteiger charge is -2.37. The Morgan fingerprint density at radius 1 is 1.11 bits per heavy atom. The van der Waals surface area contributed by atoms with Crippen LogP contribution < -0.4 is 10.2 Å². The minimum absolute atomic E-state index is 0.0510. The Bertz CT molecular complexity index is 1360. The Morgan fingerprint density at radius 2 is 1.89 bits per heavy atom. The smallest absolute Gasteiger partial charge is 0.225 e. The zero-order chi connectivity index (χ0) is 24.0. The van der Waals surface area contributed by atoms with E-state index in [9.17, 15) is 5.11 Å². The maximum Gasteiger partial charge on any atom is 0.225 e. The fraction of sp³-hybridized carbons (Fsp3) is 0.385. The average Bonchev–Trinajstić information content (AvgIpc) is 3.28. The van der Waals surface area contributed by atoms with Gasteiger partial charge in [0, 0.05) is 60.2 Å². The van der Waals surface area contributed by atoms with E-state index in [1.165, 1.54) is 5.56 Å². The van der Waals surface area contributed by atoms with Gasteiger partial charge in [0.15, 0.2) is 5.65 Å². The first-order valence-electron chi connectivity index (χ1n) is 12.1. The molecule has 4 aromatic rings. The van der Waals surface area contributed by atoms with Crippen LogP contribution in [0.5, 0.6) is 5.75 Å². The van der Waals surface area contributed by atoms with Crippen LogP contribution in [0.3, 0.4) is 0 Å². The third-order valence-corrected chi connectivity index (χ3v) is 7.57. The van der Waals surface area contributed by atoms with E-state index in [1.807, 2.05) is 30.6 Å². The topological polar surface area (TPSA) is 112 Å². The summed E-state index contributed by atoms with van der Waals surface area (Å²) in [5.41, 5.74) is 5.13. The van der Waals surface area contributed by atoms with E-state index in [1.54, 1.807) is 19.2 Å². The third kappa shape index (κ3) is 3.62. The quantitative estimate of drug-likeness (QED) is 0.415.